The number of ketones is 1. The maximum absolute atomic E-state index is 13.6. The van der Waals surface area contributed by atoms with E-state index in [1.54, 1.807) is 0 Å². The van der Waals surface area contributed by atoms with Crippen molar-refractivity contribution < 1.29 is 13.9 Å². The largest absolute Gasteiger partial charge is 0.496 e. The van der Waals surface area contributed by atoms with Crippen LogP contribution in [-0.4, -0.2) is 40.7 Å². The second-order valence-electron chi connectivity index (χ2n) is 6.49. The minimum atomic E-state index is -0.413. The normalized spacial score (nSPS) is 18.3. The first-order valence-electron chi connectivity index (χ1n) is 8.72. The predicted octanol–water partition coefficient (Wildman–Crippen LogP) is 3.15. The second kappa shape index (κ2) is 7.78. The number of aryl methyl sites for hydroxylation is 1. The first-order chi connectivity index (χ1) is 12.1. The van der Waals surface area contributed by atoms with Gasteiger partial charge < -0.3 is 4.74 Å². The number of rotatable bonds is 6. The van der Waals surface area contributed by atoms with Crippen LogP contribution in [0.5, 0.6) is 5.75 Å². The molecule has 25 heavy (non-hydrogen) atoms. The summed E-state index contributed by atoms with van der Waals surface area (Å²) in [6.07, 6.45) is 5.70. The molecule has 1 saturated heterocycles. The monoisotopic (exact) mass is 345 g/mol. The highest BCUT2D eigenvalue weighted by Gasteiger charge is 2.28. The molecule has 3 rings (SSSR count). The van der Waals surface area contributed by atoms with Gasteiger partial charge >= 0.3 is 0 Å². The summed E-state index contributed by atoms with van der Waals surface area (Å²) in [5, 5.41) is 4.30. The number of Topliss-reactive ketones (excluding diaryl/α,β-unsaturated/α-hetero) is 1. The van der Waals surface area contributed by atoms with E-state index in [9.17, 15) is 9.18 Å². The van der Waals surface area contributed by atoms with Crippen molar-refractivity contribution in [1.82, 2.24) is 14.7 Å². The molecule has 0 radical (unpaired) electrons. The van der Waals surface area contributed by atoms with E-state index in [2.05, 4.69) is 16.9 Å². The zero-order valence-corrected chi connectivity index (χ0v) is 14.7. The van der Waals surface area contributed by atoms with Crippen molar-refractivity contribution in [3.8, 4) is 5.75 Å². The number of nitrogens with zero attached hydrogens (tertiary/aromatic N) is 3. The van der Waals surface area contributed by atoms with Crippen molar-refractivity contribution >= 4 is 5.78 Å². The number of piperidine rings is 1. The zero-order valence-electron chi connectivity index (χ0n) is 14.7. The summed E-state index contributed by atoms with van der Waals surface area (Å²) in [4.78, 5) is 15.2. The molecule has 1 aromatic heterocycles. The molecule has 134 valence electrons. The van der Waals surface area contributed by atoms with Gasteiger partial charge in [0.05, 0.1) is 18.9 Å². The molecule has 0 aliphatic carbocycles. The van der Waals surface area contributed by atoms with Gasteiger partial charge in [-0.05, 0) is 44.5 Å². The Labute approximate surface area is 147 Å². The minimum absolute atomic E-state index is 0.0368. The molecular weight excluding hydrogens is 321 g/mol. The van der Waals surface area contributed by atoms with Gasteiger partial charge in [-0.15, -0.1) is 0 Å². The molecule has 0 spiro atoms. The highest BCUT2D eigenvalue weighted by Crippen LogP contribution is 2.27. The standard InChI is InChI=1S/C19H24FN3O2/c1-3-23-12-14(10-21-23)11-22-8-4-5-15(13-22)19(24)17-9-16(20)6-7-18(17)25-2/h6-7,9-10,12,15H,3-5,8,11,13H2,1-2H3/t15-/m1/s1. The van der Waals surface area contributed by atoms with Crippen LogP contribution in [0.3, 0.4) is 0 Å². The molecule has 1 aliphatic rings. The molecule has 1 atom stereocenters. The van der Waals surface area contributed by atoms with E-state index in [1.165, 1.54) is 25.3 Å². The van der Waals surface area contributed by atoms with Crippen LogP contribution in [0, 0.1) is 11.7 Å². The molecule has 0 N–H and O–H groups in total. The summed E-state index contributed by atoms with van der Waals surface area (Å²) < 4.78 is 20.7. The Bertz CT molecular complexity index is 744. The number of hydrogen-bond acceptors (Lipinski definition) is 4. The van der Waals surface area contributed by atoms with E-state index < -0.39 is 5.82 Å². The molecule has 0 amide bonds. The molecule has 0 bridgehead atoms. The number of hydrogen-bond donors (Lipinski definition) is 0. The van der Waals surface area contributed by atoms with Crippen LogP contribution in [0.4, 0.5) is 4.39 Å². The van der Waals surface area contributed by atoms with E-state index in [0.29, 0.717) is 17.9 Å². The fourth-order valence-electron chi connectivity index (χ4n) is 3.43. The predicted molar refractivity (Wildman–Crippen MR) is 93.2 cm³/mol. The molecule has 1 aromatic carbocycles. The highest BCUT2D eigenvalue weighted by atomic mass is 19.1. The minimum Gasteiger partial charge on any atom is -0.496 e. The summed E-state index contributed by atoms with van der Waals surface area (Å²) in [7, 11) is 1.50. The molecule has 6 heteroatoms. The van der Waals surface area contributed by atoms with Crippen molar-refractivity contribution in [3.63, 3.8) is 0 Å². The molecule has 2 aromatic rings. The fraction of sp³-hybridized carbons (Fsp3) is 0.474. The van der Waals surface area contributed by atoms with Crippen LogP contribution >= 0.6 is 0 Å². The van der Waals surface area contributed by atoms with Crippen LogP contribution in [0.1, 0.15) is 35.7 Å². The number of halogens is 1. The Hall–Kier alpha value is -2.21. The van der Waals surface area contributed by atoms with E-state index in [-0.39, 0.29) is 11.7 Å². The molecule has 2 heterocycles. The molecule has 1 fully saturated rings. The number of methoxy groups -OCH3 is 1. The van der Waals surface area contributed by atoms with Gasteiger partial charge in [-0.3, -0.25) is 14.4 Å². The van der Waals surface area contributed by atoms with Gasteiger partial charge in [-0.2, -0.15) is 5.10 Å². The van der Waals surface area contributed by atoms with Crippen molar-refractivity contribution in [2.24, 2.45) is 5.92 Å². The molecule has 1 aliphatic heterocycles. The topological polar surface area (TPSA) is 47.4 Å². The smallest absolute Gasteiger partial charge is 0.171 e. The zero-order chi connectivity index (χ0) is 17.8. The number of likely N-dealkylation sites (tertiary alicyclic amines) is 1. The maximum atomic E-state index is 13.6. The first kappa shape index (κ1) is 17.6. The van der Waals surface area contributed by atoms with Crippen molar-refractivity contribution in [1.29, 1.82) is 0 Å². The molecular formula is C19H24FN3O2. The third-order valence-corrected chi connectivity index (χ3v) is 4.72. The lowest BCUT2D eigenvalue weighted by Crippen LogP contribution is -2.38. The lowest BCUT2D eigenvalue weighted by Gasteiger charge is -2.31. The Kier molecular flexibility index (Phi) is 5.48. The van der Waals surface area contributed by atoms with Gasteiger partial charge in [0.25, 0.3) is 0 Å². The number of carbonyl (C=O) groups is 1. The third-order valence-electron chi connectivity index (χ3n) is 4.72. The summed E-state index contributed by atoms with van der Waals surface area (Å²) in [5.41, 5.74) is 1.49. The first-order valence-corrected chi connectivity index (χ1v) is 8.72. The van der Waals surface area contributed by atoms with Crippen LogP contribution in [0.15, 0.2) is 30.6 Å². The average Bonchev–Trinajstić information content (AvgIpc) is 3.09. The van der Waals surface area contributed by atoms with Gasteiger partial charge in [0.15, 0.2) is 5.78 Å². The lowest BCUT2D eigenvalue weighted by molar-refractivity contribution is 0.0808. The summed E-state index contributed by atoms with van der Waals surface area (Å²) in [6, 6.07) is 4.11. The van der Waals surface area contributed by atoms with Gasteiger partial charge in [-0.25, -0.2) is 4.39 Å². The van der Waals surface area contributed by atoms with Crippen molar-refractivity contribution in [2.75, 3.05) is 20.2 Å². The average molecular weight is 345 g/mol. The highest BCUT2D eigenvalue weighted by molar-refractivity contribution is 6.00. The van der Waals surface area contributed by atoms with Gasteiger partial charge in [0.2, 0.25) is 0 Å². The summed E-state index contributed by atoms with van der Waals surface area (Å²) >= 11 is 0. The third kappa shape index (κ3) is 4.07. The Morgan fingerprint density at radius 3 is 3.00 bits per heavy atom. The number of carbonyl (C=O) groups excluding carboxylic acids is 1. The van der Waals surface area contributed by atoms with Gasteiger partial charge in [0.1, 0.15) is 11.6 Å². The Morgan fingerprint density at radius 1 is 1.44 bits per heavy atom. The lowest BCUT2D eigenvalue weighted by atomic mass is 9.89. The Morgan fingerprint density at radius 2 is 2.28 bits per heavy atom. The molecule has 0 unspecified atom stereocenters. The van der Waals surface area contributed by atoms with Gasteiger partial charge in [0, 0.05) is 37.3 Å². The van der Waals surface area contributed by atoms with Crippen molar-refractivity contribution in [2.45, 2.75) is 32.9 Å². The fourth-order valence-corrected chi connectivity index (χ4v) is 3.43. The van der Waals surface area contributed by atoms with Crippen LogP contribution in [0.25, 0.3) is 0 Å². The van der Waals surface area contributed by atoms with Crippen LogP contribution in [-0.2, 0) is 13.1 Å². The number of benzene rings is 1. The van der Waals surface area contributed by atoms with Crippen molar-refractivity contribution in [3.05, 3.63) is 47.5 Å². The quantitative estimate of drug-likeness (QED) is 0.755. The number of ether oxygens (including phenoxy) is 1. The number of aromatic nitrogens is 2. The Balaban J connectivity index is 1.70. The van der Waals surface area contributed by atoms with E-state index >= 15 is 0 Å². The van der Waals surface area contributed by atoms with E-state index in [1.807, 2.05) is 17.1 Å². The maximum Gasteiger partial charge on any atom is 0.171 e. The van der Waals surface area contributed by atoms with E-state index in [0.717, 1.165) is 38.0 Å². The van der Waals surface area contributed by atoms with Gasteiger partial charge in [-0.1, -0.05) is 0 Å². The van der Waals surface area contributed by atoms with Crippen LogP contribution in [0.2, 0.25) is 0 Å². The second-order valence-corrected chi connectivity index (χ2v) is 6.49. The molecule has 5 nitrogen and oxygen atoms in total. The SMILES string of the molecule is CCn1cc(CN2CCC[C@@H](C(=O)c3cc(F)ccc3OC)C2)cn1. The summed E-state index contributed by atoms with van der Waals surface area (Å²) in [6.45, 7) is 5.32. The van der Waals surface area contributed by atoms with Crippen LogP contribution < -0.4 is 4.74 Å². The van der Waals surface area contributed by atoms with E-state index in [4.69, 9.17) is 4.74 Å². The molecule has 0 saturated carbocycles. The summed E-state index contributed by atoms with van der Waals surface area (Å²) in [5.74, 6) is -0.146.